The molecule has 0 aromatic carbocycles. The van der Waals surface area contributed by atoms with E-state index >= 15 is 0 Å². The van der Waals surface area contributed by atoms with Crippen LogP contribution in [-0.4, -0.2) is 96.7 Å². The van der Waals surface area contributed by atoms with Gasteiger partial charge in [-0.15, -0.1) is 0 Å². The molecule has 17 nitrogen and oxygen atoms in total. The summed E-state index contributed by atoms with van der Waals surface area (Å²) in [5.41, 5.74) is 0. The van der Waals surface area contributed by atoms with Crippen LogP contribution in [0.3, 0.4) is 0 Å². The van der Waals surface area contributed by atoms with Crippen molar-refractivity contribution >= 4 is 39.5 Å². The number of aliphatic hydroxyl groups excluding tert-OH is 1. The Labute approximate surface area is 619 Å². The number of ether oxygens (including phenoxy) is 4. The van der Waals surface area contributed by atoms with Crippen LogP contribution in [0.25, 0.3) is 0 Å². The van der Waals surface area contributed by atoms with Gasteiger partial charge in [-0.3, -0.25) is 37.3 Å². The molecule has 19 heteroatoms. The standard InChI is InChI=1S/C82H160O17P2/c1-7-9-11-13-15-17-19-21-23-26-30-34-37-41-45-52-58-64-79(84)92-70-77(98-81(86)67-61-55-47-43-39-35-31-28-25-24-27-29-32-36-40-44-50-56-62-74(3)4)72-96-100(88,89)94-68-76(83)69-95-101(90,91)97-73-78(71-93-80(85)65-59-53-49-48-51-57-63-75(5)6)99-82(87)66-60-54-46-42-38-33-22-20-18-16-14-12-10-8-2/h74-78,83H,7-73H2,1-6H3,(H,88,89)(H,90,91)/t76-,77-,78-/m1/s1. The van der Waals surface area contributed by atoms with Crippen LogP contribution < -0.4 is 0 Å². The molecule has 0 aliphatic rings. The Bertz CT molecular complexity index is 1940. The van der Waals surface area contributed by atoms with Gasteiger partial charge in [0.15, 0.2) is 12.2 Å². The van der Waals surface area contributed by atoms with Gasteiger partial charge in [-0.2, -0.15) is 0 Å². The largest absolute Gasteiger partial charge is 0.472 e. The van der Waals surface area contributed by atoms with Gasteiger partial charge in [0.05, 0.1) is 26.4 Å². The second kappa shape index (κ2) is 73.6. The van der Waals surface area contributed by atoms with Crippen LogP contribution in [0.4, 0.5) is 0 Å². The summed E-state index contributed by atoms with van der Waals surface area (Å²) in [4.78, 5) is 73.0. The van der Waals surface area contributed by atoms with Gasteiger partial charge >= 0.3 is 39.5 Å². The molecular weight excluding hydrogens is 1320 g/mol. The molecule has 0 aliphatic carbocycles. The molecule has 5 atom stereocenters. The molecule has 0 aliphatic heterocycles. The molecule has 0 aromatic heterocycles. The zero-order valence-electron chi connectivity index (χ0n) is 66.2. The van der Waals surface area contributed by atoms with E-state index in [0.29, 0.717) is 31.6 Å². The molecule has 600 valence electrons. The lowest BCUT2D eigenvalue weighted by Gasteiger charge is -2.21. The van der Waals surface area contributed by atoms with Crippen LogP contribution in [0.15, 0.2) is 0 Å². The van der Waals surface area contributed by atoms with Gasteiger partial charge in [0.2, 0.25) is 0 Å². The first kappa shape index (κ1) is 99.1. The van der Waals surface area contributed by atoms with Crippen molar-refractivity contribution in [2.24, 2.45) is 11.8 Å². The lowest BCUT2D eigenvalue weighted by molar-refractivity contribution is -0.161. The molecule has 0 fully saturated rings. The van der Waals surface area contributed by atoms with Crippen molar-refractivity contribution in [3.05, 3.63) is 0 Å². The van der Waals surface area contributed by atoms with Gasteiger partial charge in [0.1, 0.15) is 19.3 Å². The molecule has 0 saturated carbocycles. The minimum atomic E-state index is -4.96. The number of phosphoric acid groups is 2. The molecule has 0 saturated heterocycles. The summed E-state index contributed by atoms with van der Waals surface area (Å²) in [6.45, 7) is 9.60. The summed E-state index contributed by atoms with van der Waals surface area (Å²) in [6, 6.07) is 0. The third-order valence-corrected chi connectivity index (χ3v) is 21.1. The quantitative estimate of drug-likeness (QED) is 0.0222. The van der Waals surface area contributed by atoms with E-state index in [1.165, 1.54) is 244 Å². The molecule has 0 amide bonds. The Hall–Kier alpha value is -1.94. The van der Waals surface area contributed by atoms with Gasteiger partial charge < -0.3 is 33.8 Å². The molecule has 0 radical (unpaired) electrons. The fourth-order valence-electron chi connectivity index (χ4n) is 12.7. The highest BCUT2D eigenvalue weighted by atomic mass is 31.2. The number of rotatable bonds is 81. The van der Waals surface area contributed by atoms with E-state index in [0.717, 1.165) is 102 Å². The minimum absolute atomic E-state index is 0.107. The van der Waals surface area contributed by atoms with E-state index in [2.05, 4.69) is 41.5 Å². The number of esters is 4. The Kier molecular flexibility index (Phi) is 72.2. The number of hydrogen-bond donors (Lipinski definition) is 3. The fraction of sp³-hybridized carbons (Fsp3) is 0.951. The van der Waals surface area contributed by atoms with Crippen molar-refractivity contribution in [2.75, 3.05) is 39.6 Å². The first-order valence-electron chi connectivity index (χ1n) is 42.5. The number of phosphoric ester groups is 2. The zero-order valence-corrected chi connectivity index (χ0v) is 68.0. The second-order valence-electron chi connectivity index (χ2n) is 30.5. The molecule has 3 N–H and O–H groups in total. The topological polar surface area (TPSA) is 237 Å². The predicted molar refractivity (Wildman–Crippen MR) is 414 cm³/mol. The van der Waals surface area contributed by atoms with Crippen molar-refractivity contribution in [1.82, 2.24) is 0 Å². The average molecular weight is 1480 g/mol. The van der Waals surface area contributed by atoms with Crippen molar-refractivity contribution in [1.29, 1.82) is 0 Å². The predicted octanol–water partition coefficient (Wildman–Crippen LogP) is 24.7. The van der Waals surface area contributed by atoms with Crippen molar-refractivity contribution < 1.29 is 80.2 Å². The molecule has 0 bridgehead atoms. The highest BCUT2D eigenvalue weighted by Gasteiger charge is 2.30. The Balaban J connectivity index is 5.21. The van der Waals surface area contributed by atoms with Crippen molar-refractivity contribution in [3.8, 4) is 0 Å². The Morgan fingerprint density at radius 2 is 0.455 bits per heavy atom. The van der Waals surface area contributed by atoms with Crippen molar-refractivity contribution in [2.45, 2.75) is 452 Å². The smallest absolute Gasteiger partial charge is 0.462 e. The molecular formula is C82H160O17P2. The Morgan fingerprint density at radius 3 is 0.673 bits per heavy atom. The van der Waals surface area contributed by atoms with E-state index in [9.17, 15) is 43.2 Å². The average Bonchev–Trinajstić information content (AvgIpc) is 0.956. The lowest BCUT2D eigenvalue weighted by atomic mass is 10.0. The van der Waals surface area contributed by atoms with Gasteiger partial charge in [-0.1, -0.05) is 382 Å². The van der Waals surface area contributed by atoms with Gasteiger partial charge in [0.25, 0.3) is 0 Å². The van der Waals surface area contributed by atoms with Crippen LogP contribution in [0, 0.1) is 11.8 Å². The van der Waals surface area contributed by atoms with Crippen LogP contribution in [0.5, 0.6) is 0 Å². The van der Waals surface area contributed by atoms with E-state index < -0.39 is 97.5 Å². The minimum Gasteiger partial charge on any atom is -0.462 e. The summed E-state index contributed by atoms with van der Waals surface area (Å²) in [5.74, 6) is -0.608. The summed E-state index contributed by atoms with van der Waals surface area (Å²) >= 11 is 0. The highest BCUT2D eigenvalue weighted by Crippen LogP contribution is 2.45. The molecule has 0 aromatic rings. The van der Waals surface area contributed by atoms with E-state index in [1.807, 2.05) is 0 Å². The number of aliphatic hydroxyl groups is 1. The van der Waals surface area contributed by atoms with Crippen LogP contribution in [0.1, 0.15) is 433 Å². The van der Waals surface area contributed by atoms with Gasteiger partial charge in [0, 0.05) is 25.7 Å². The number of hydrogen-bond acceptors (Lipinski definition) is 15. The zero-order chi connectivity index (χ0) is 74.2. The third kappa shape index (κ3) is 76.1. The molecule has 101 heavy (non-hydrogen) atoms. The number of carbonyl (C=O) groups is 4. The second-order valence-corrected chi connectivity index (χ2v) is 33.4. The van der Waals surface area contributed by atoms with Crippen LogP contribution in [0.2, 0.25) is 0 Å². The normalized spacial score (nSPS) is 13.9. The molecule has 2 unspecified atom stereocenters. The SMILES string of the molecule is CCCCCCCCCCCCCCCCCCCC(=O)OC[C@H](COP(=O)(O)OC[C@@H](O)COP(=O)(O)OC[C@@H](COC(=O)CCCCCCCCC(C)C)OC(=O)CCCCCCCCCCCCCCCC)OC(=O)CCCCCCCCCCCCCCCCCCCCC(C)C. The monoisotopic (exact) mass is 1480 g/mol. The maximum atomic E-state index is 13.1. The third-order valence-electron chi connectivity index (χ3n) is 19.2. The fourth-order valence-corrected chi connectivity index (χ4v) is 14.3. The maximum Gasteiger partial charge on any atom is 0.472 e. The van der Waals surface area contributed by atoms with Crippen LogP contribution >= 0.6 is 15.6 Å². The Morgan fingerprint density at radius 1 is 0.267 bits per heavy atom. The van der Waals surface area contributed by atoms with E-state index in [-0.39, 0.29) is 25.7 Å². The lowest BCUT2D eigenvalue weighted by Crippen LogP contribution is -2.30. The summed E-state index contributed by atoms with van der Waals surface area (Å²) < 4.78 is 68.7. The first-order chi connectivity index (χ1) is 48.9. The van der Waals surface area contributed by atoms with Gasteiger partial charge in [-0.25, -0.2) is 9.13 Å². The molecule has 0 heterocycles. The van der Waals surface area contributed by atoms with E-state index in [1.54, 1.807) is 0 Å². The highest BCUT2D eigenvalue weighted by molar-refractivity contribution is 7.47. The summed E-state index contributed by atoms with van der Waals surface area (Å²) in [5, 5.41) is 10.6. The van der Waals surface area contributed by atoms with E-state index in [4.69, 9.17) is 37.0 Å². The van der Waals surface area contributed by atoms with Gasteiger partial charge in [-0.05, 0) is 37.5 Å². The number of unbranched alkanes of at least 4 members (excludes halogenated alkanes) is 51. The van der Waals surface area contributed by atoms with Crippen molar-refractivity contribution in [3.63, 3.8) is 0 Å². The first-order valence-corrected chi connectivity index (χ1v) is 45.5. The molecule has 0 rings (SSSR count). The van der Waals surface area contributed by atoms with Crippen LogP contribution in [-0.2, 0) is 65.4 Å². The maximum absolute atomic E-state index is 13.1. The molecule has 0 spiro atoms. The summed E-state index contributed by atoms with van der Waals surface area (Å²) in [7, 11) is -9.92. The number of carbonyl (C=O) groups excluding carboxylic acids is 4. The summed E-state index contributed by atoms with van der Waals surface area (Å²) in [6.07, 6.45) is 64.0.